The Morgan fingerprint density at radius 3 is 2.56 bits per heavy atom. The van der Waals surface area contributed by atoms with Crippen molar-refractivity contribution in [1.82, 2.24) is 14.8 Å². The first kappa shape index (κ1) is 19.0. The zero-order chi connectivity index (χ0) is 19.2. The van der Waals surface area contributed by atoms with Crippen molar-refractivity contribution in [3.63, 3.8) is 0 Å². The van der Waals surface area contributed by atoms with E-state index < -0.39 is 0 Å². The van der Waals surface area contributed by atoms with E-state index in [2.05, 4.69) is 15.2 Å². The van der Waals surface area contributed by atoms with Gasteiger partial charge in [0.05, 0.1) is 6.04 Å². The summed E-state index contributed by atoms with van der Waals surface area (Å²) in [7, 11) is 0. The van der Waals surface area contributed by atoms with E-state index in [1.165, 1.54) is 0 Å². The number of hydrogen-bond donors (Lipinski definition) is 1. The van der Waals surface area contributed by atoms with E-state index in [0.717, 1.165) is 24.2 Å². The largest absolute Gasteiger partial charge is 0.336 e. The van der Waals surface area contributed by atoms with Crippen LogP contribution in [0.3, 0.4) is 0 Å². The number of rotatable bonds is 4. The van der Waals surface area contributed by atoms with Crippen LogP contribution in [0.4, 0.5) is 5.69 Å². The van der Waals surface area contributed by atoms with E-state index in [0.29, 0.717) is 25.3 Å². The van der Waals surface area contributed by atoms with Gasteiger partial charge in [0, 0.05) is 38.1 Å². The molecule has 0 spiro atoms. The lowest BCUT2D eigenvalue weighted by Gasteiger charge is -2.27. The molecular weight excluding hydrogens is 340 g/mol. The zero-order valence-corrected chi connectivity index (χ0v) is 15.9. The molecular formula is C21H26N4O2. The van der Waals surface area contributed by atoms with Gasteiger partial charge in [0.2, 0.25) is 5.91 Å². The summed E-state index contributed by atoms with van der Waals surface area (Å²) in [6.45, 7) is 6.63. The van der Waals surface area contributed by atoms with Gasteiger partial charge >= 0.3 is 0 Å². The molecule has 3 rings (SSSR count). The van der Waals surface area contributed by atoms with Gasteiger partial charge in [-0.1, -0.05) is 24.3 Å². The average Bonchev–Trinajstić information content (AvgIpc) is 2.95. The Labute approximate surface area is 160 Å². The minimum absolute atomic E-state index is 0.0196. The van der Waals surface area contributed by atoms with Gasteiger partial charge in [-0.2, -0.15) is 0 Å². The van der Waals surface area contributed by atoms with Crippen molar-refractivity contribution >= 4 is 17.5 Å². The molecule has 1 N–H and O–H groups in total. The molecule has 1 fully saturated rings. The fraction of sp³-hybridized carbons (Fsp3) is 0.381. The highest BCUT2D eigenvalue weighted by molar-refractivity contribution is 5.95. The molecule has 6 heteroatoms. The van der Waals surface area contributed by atoms with Crippen molar-refractivity contribution in [2.24, 2.45) is 0 Å². The molecule has 1 aliphatic heterocycles. The molecule has 142 valence electrons. The summed E-state index contributed by atoms with van der Waals surface area (Å²) < 4.78 is 0. The number of benzene rings is 1. The van der Waals surface area contributed by atoms with Gasteiger partial charge in [-0.05, 0) is 44.0 Å². The fourth-order valence-corrected chi connectivity index (χ4v) is 3.30. The van der Waals surface area contributed by atoms with Gasteiger partial charge in [0.15, 0.2) is 0 Å². The van der Waals surface area contributed by atoms with Crippen LogP contribution >= 0.6 is 0 Å². The van der Waals surface area contributed by atoms with Gasteiger partial charge in [-0.25, -0.2) is 0 Å². The lowest BCUT2D eigenvalue weighted by atomic mass is 10.2. The number of nitrogens with zero attached hydrogens (tertiary/aromatic N) is 3. The molecule has 0 aliphatic carbocycles. The predicted molar refractivity (Wildman–Crippen MR) is 106 cm³/mol. The third-order valence-corrected chi connectivity index (χ3v) is 5.03. The average molecular weight is 366 g/mol. The van der Waals surface area contributed by atoms with Gasteiger partial charge in [-0.3, -0.25) is 19.5 Å². The SMILES string of the molecule is Cc1ccccc1NC(=O)[C@H](C)N1CCCN(C(=O)c2ccccn2)CC1. The number of para-hydroxylation sites is 1. The van der Waals surface area contributed by atoms with Gasteiger partial charge in [0.1, 0.15) is 5.69 Å². The van der Waals surface area contributed by atoms with Crippen molar-refractivity contribution < 1.29 is 9.59 Å². The van der Waals surface area contributed by atoms with Crippen LogP contribution in [0.15, 0.2) is 48.7 Å². The minimum atomic E-state index is -0.255. The van der Waals surface area contributed by atoms with E-state index in [4.69, 9.17) is 0 Å². The Hall–Kier alpha value is -2.73. The van der Waals surface area contributed by atoms with Crippen molar-refractivity contribution in [2.45, 2.75) is 26.3 Å². The number of aromatic nitrogens is 1. The molecule has 0 radical (unpaired) electrons. The first-order chi connectivity index (χ1) is 13.1. The summed E-state index contributed by atoms with van der Waals surface area (Å²) in [6.07, 6.45) is 2.47. The molecule has 0 unspecified atom stereocenters. The molecule has 0 saturated carbocycles. The molecule has 1 aromatic heterocycles. The minimum Gasteiger partial charge on any atom is -0.336 e. The topological polar surface area (TPSA) is 65.5 Å². The first-order valence-electron chi connectivity index (χ1n) is 9.37. The lowest BCUT2D eigenvalue weighted by molar-refractivity contribution is -0.120. The van der Waals surface area contributed by atoms with Gasteiger partial charge in [0.25, 0.3) is 5.91 Å². The van der Waals surface area contributed by atoms with Crippen LogP contribution in [0.2, 0.25) is 0 Å². The molecule has 1 atom stereocenters. The summed E-state index contributed by atoms with van der Waals surface area (Å²) in [4.78, 5) is 33.4. The summed E-state index contributed by atoms with van der Waals surface area (Å²) in [5.41, 5.74) is 2.36. The van der Waals surface area contributed by atoms with Crippen molar-refractivity contribution in [1.29, 1.82) is 0 Å². The molecule has 27 heavy (non-hydrogen) atoms. The highest BCUT2D eigenvalue weighted by Gasteiger charge is 2.26. The number of nitrogens with one attached hydrogen (secondary N) is 1. The number of carbonyl (C=O) groups is 2. The Morgan fingerprint density at radius 1 is 1.04 bits per heavy atom. The highest BCUT2D eigenvalue weighted by atomic mass is 16.2. The number of amides is 2. The molecule has 0 bridgehead atoms. The second-order valence-corrected chi connectivity index (χ2v) is 6.88. The summed E-state index contributed by atoms with van der Waals surface area (Å²) in [6, 6.07) is 12.9. The third-order valence-electron chi connectivity index (χ3n) is 5.03. The molecule has 1 saturated heterocycles. The molecule has 2 aromatic rings. The van der Waals surface area contributed by atoms with Crippen LogP contribution in [0.5, 0.6) is 0 Å². The van der Waals surface area contributed by atoms with Crippen molar-refractivity contribution in [3.05, 3.63) is 59.9 Å². The van der Waals surface area contributed by atoms with Crippen LogP contribution in [0.25, 0.3) is 0 Å². The Bertz CT molecular complexity index is 794. The maximum absolute atomic E-state index is 12.7. The maximum Gasteiger partial charge on any atom is 0.272 e. The first-order valence-corrected chi connectivity index (χ1v) is 9.37. The lowest BCUT2D eigenvalue weighted by Crippen LogP contribution is -2.44. The normalized spacial score (nSPS) is 16.4. The molecule has 2 heterocycles. The second kappa shape index (κ2) is 8.77. The third kappa shape index (κ3) is 4.71. The van der Waals surface area contributed by atoms with Crippen LogP contribution in [-0.4, -0.2) is 58.8 Å². The smallest absolute Gasteiger partial charge is 0.272 e. The second-order valence-electron chi connectivity index (χ2n) is 6.88. The fourth-order valence-electron chi connectivity index (χ4n) is 3.30. The van der Waals surface area contributed by atoms with Crippen LogP contribution in [0.1, 0.15) is 29.4 Å². The number of anilines is 1. The van der Waals surface area contributed by atoms with E-state index >= 15 is 0 Å². The van der Waals surface area contributed by atoms with Crippen molar-refractivity contribution in [3.8, 4) is 0 Å². The quantitative estimate of drug-likeness (QED) is 0.903. The monoisotopic (exact) mass is 366 g/mol. The Balaban J connectivity index is 1.59. The highest BCUT2D eigenvalue weighted by Crippen LogP contribution is 2.15. The molecule has 1 aromatic carbocycles. The standard InChI is InChI=1S/C21H26N4O2/c1-16-8-3-4-9-18(16)23-20(26)17(2)24-12-7-13-25(15-14-24)21(27)19-10-5-6-11-22-19/h3-6,8-11,17H,7,12-15H2,1-2H3,(H,23,26)/t17-/m0/s1. The number of hydrogen-bond acceptors (Lipinski definition) is 4. The summed E-state index contributed by atoms with van der Waals surface area (Å²) >= 11 is 0. The van der Waals surface area contributed by atoms with E-state index in [-0.39, 0.29) is 17.9 Å². The van der Waals surface area contributed by atoms with E-state index in [1.807, 2.05) is 49.1 Å². The van der Waals surface area contributed by atoms with Crippen LogP contribution in [-0.2, 0) is 4.79 Å². The number of aryl methyl sites for hydroxylation is 1. The molecule has 1 aliphatic rings. The van der Waals surface area contributed by atoms with Crippen LogP contribution in [0, 0.1) is 6.92 Å². The van der Waals surface area contributed by atoms with Crippen molar-refractivity contribution in [2.75, 3.05) is 31.5 Å². The van der Waals surface area contributed by atoms with E-state index in [9.17, 15) is 9.59 Å². The van der Waals surface area contributed by atoms with Crippen LogP contribution < -0.4 is 5.32 Å². The Kier molecular flexibility index (Phi) is 6.19. The van der Waals surface area contributed by atoms with Gasteiger partial charge < -0.3 is 10.2 Å². The number of pyridine rings is 1. The van der Waals surface area contributed by atoms with Gasteiger partial charge in [-0.15, -0.1) is 0 Å². The molecule has 6 nitrogen and oxygen atoms in total. The number of carbonyl (C=O) groups excluding carboxylic acids is 2. The zero-order valence-electron chi connectivity index (χ0n) is 15.9. The predicted octanol–water partition coefficient (Wildman–Crippen LogP) is 2.57. The van der Waals surface area contributed by atoms with E-state index in [1.54, 1.807) is 18.3 Å². The molecule has 2 amide bonds. The maximum atomic E-state index is 12.7. The summed E-state index contributed by atoms with van der Waals surface area (Å²) in [5, 5.41) is 3.02. The summed E-state index contributed by atoms with van der Waals surface area (Å²) in [5.74, 6) is -0.0664. The Morgan fingerprint density at radius 2 is 1.81 bits per heavy atom.